The third-order valence-corrected chi connectivity index (χ3v) is 5.22. The number of nitrogens with zero attached hydrogens (tertiary/aromatic N) is 1. The smallest absolute Gasteiger partial charge is 0.0640 e. The van der Waals surface area contributed by atoms with Crippen molar-refractivity contribution in [2.24, 2.45) is 0 Å². The van der Waals surface area contributed by atoms with E-state index in [9.17, 15) is 0 Å². The van der Waals surface area contributed by atoms with Gasteiger partial charge in [-0.1, -0.05) is 40.4 Å². The van der Waals surface area contributed by atoms with Crippen LogP contribution in [-0.4, -0.2) is 25.2 Å². The van der Waals surface area contributed by atoms with Crippen LogP contribution in [0.5, 0.6) is 0 Å². The van der Waals surface area contributed by atoms with E-state index in [2.05, 4.69) is 32.2 Å². The van der Waals surface area contributed by atoms with Gasteiger partial charge in [0, 0.05) is 23.1 Å². The van der Waals surface area contributed by atoms with E-state index in [0.717, 1.165) is 29.1 Å². The summed E-state index contributed by atoms with van der Waals surface area (Å²) in [6, 6.07) is 6.14. The quantitative estimate of drug-likeness (QED) is 0.821. The van der Waals surface area contributed by atoms with Gasteiger partial charge in [-0.3, -0.25) is 0 Å². The molecule has 2 aliphatic rings. The zero-order valence-electron chi connectivity index (χ0n) is 11.1. The Morgan fingerprint density at radius 2 is 2.00 bits per heavy atom. The Kier molecular flexibility index (Phi) is 4.06. The molecule has 0 unspecified atom stereocenters. The summed E-state index contributed by atoms with van der Waals surface area (Å²) < 4.78 is 1.10. The summed E-state index contributed by atoms with van der Waals surface area (Å²) in [5.41, 5.74) is 1.49. The maximum absolute atomic E-state index is 6.40. The molecule has 1 aromatic carbocycles. The van der Waals surface area contributed by atoms with Crippen LogP contribution in [0.1, 0.15) is 32.1 Å². The molecule has 0 amide bonds. The van der Waals surface area contributed by atoms with Crippen molar-refractivity contribution >= 4 is 33.2 Å². The van der Waals surface area contributed by atoms with Crippen molar-refractivity contribution in [3.63, 3.8) is 0 Å². The van der Waals surface area contributed by atoms with Gasteiger partial charge in [0.05, 0.1) is 10.7 Å². The van der Waals surface area contributed by atoms with E-state index >= 15 is 0 Å². The molecule has 1 aromatic rings. The van der Waals surface area contributed by atoms with Crippen LogP contribution in [0.2, 0.25) is 5.02 Å². The topological polar surface area (TPSA) is 15.3 Å². The summed E-state index contributed by atoms with van der Waals surface area (Å²) in [6.45, 7) is 3.30. The zero-order chi connectivity index (χ0) is 13.3. The molecule has 0 aromatic heterocycles. The van der Waals surface area contributed by atoms with Crippen LogP contribution in [0, 0.1) is 0 Å². The van der Waals surface area contributed by atoms with Gasteiger partial charge < -0.3 is 10.2 Å². The van der Waals surface area contributed by atoms with Crippen LogP contribution in [0.3, 0.4) is 0 Å². The molecule has 0 bridgehead atoms. The van der Waals surface area contributed by atoms with E-state index in [0.29, 0.717) is 5.54 Å². The predicted molar refractivity (Wildman–Crippen MR) is 85.2 cm³/mol. The minimum Gasteiger partial charge on any atom is -0.368 e. The SMILES string of the molecule is Clc1ccc(Br)cc1N1CCCNC2(CCCC2)C1. The van der Waals surface area contributed by atoms with Crippen LogP contribution >= 0.6 is 27.5 Å². The molecular formula is C15H20BrClN2. The number of rotatable bonds is 1. The van der Waals surface area contributed by atoms with Crippen molar-refractivity contribution in [3.8, 4) is 0 Å². The average molecular weight is 344 g/mol. The molecule has 1 aliphatic carbocycles. The first-order valence-electron chi connectivity index (χ1n) is 7.14. The molecule has 4 heteroatoms. The summed E-state index contributed by atoms with van der Waals surface area (Å²) in [4.78, 5) is 2.47. The molecule has 1 saturated carbocycles. The molecule has 1 saturated heterocycles. The Morgan fingerprint density at radius 3 is 2.79 bits per heavy atom. The average Bonchev–Trinajstić information content (AvgIpc) is 2.74. The predicted octanol–water partition coefficient (Wildman–Crippen LogP) is 4.22. The Bertz CT molecular complexity index is 457. The van der Waals surface area contributed by atoms with Crippen molar-refractivity contribution in [2.45, 2.75) is 37.6 Å². The Labute approximate surface area is 128 Å². The number of hydrogen-bond donors (Lipinski definition) is 1. The number of nitrogens with one attached hydrogen (secondary N) is 1. The van der Waals surface area contributed by atoms with E-state index in [1.54, 1.807) is 0 Å². The maximum atomic E-state index is 6.40. The van der Waals surface area contributed by atoms with Crippen molar-refractivity contribution in [3.05, 3.63) is 27.7 Å². The van der Waals surface area contributed by atoms with E-state index < -0.39 is 0 Å². The van der Waals surface area contributed by atoms with Crippen molar-refractivity contribution in [2.75, 3.05) is 24.5 Å². The van der Waals surface area contributed by atoms with Gasteiger partial charge in [-0.05, 0) is 44.0 Å². The summed E-state index contributed by atoms with van der Waals surface area (Å²) in [6.07, 6.45) is 6.49. The lowest BCUT2D eigenvalue weighted by Gasteiger charge is -2.35. The van der Waals surface area contributed by atoms with E-state index in [4.69, 9.17) is 11.6 Å². The molecule has 2 nitrogen and oxygen atoms in total. The minimum atomic E-state index is 0.322. The number of hydrogen-bond acceptors (Lipinski definition) is 2. The molecule has 104 valence electrons. The molecular weight excluding hydrogens is 324 g/mol. The van der Waals surface area contributed by atoms with E-state index in [1.165, 1.54) is 37.8 Å². The fourth-order valence-electron chi connectivity index (χ4n) is 3.44. The number of anilines is 1. The van der Waals surface area contributed by atoms with Crippen LogP contribution < -0.4 is 10.2 Å². The Balaban J connectivity index is 1.88. The van der Waals surface area contributed by atoms with E-state index in [1.807, 2.05) is 12.1 Å². The normalized spacial score (nSPS) is 22.7. The van der Waals surface area contributed by atoms with Crippen molar-refractivity contribution in [1.29, 1.82) is 0 Å². The standard InChI is InChI=1S/C15H20BrClN2/c16-12-4-5-13(17)14(10-12)19-9-3-8-18-15(11-19)6-1-2-7-15/h4-5,10,18H,1-3,6-9,11H2. The fourth-order valence-corrected chi connectivity index (χ4v) is 4.03. The van der Waals surface area contributed by atoms with Crippen LogP contribution in [0.25, 0.3) is 0 Å². The van der Waals surface area contributed by atoms with Crippen LogP contribution in [0.4, 0.5) is 5.69 Å². The second-order valence-corrected chi connectivity index (χ2v) is 7.11. The first kappa shape index (κ1) is 13.7. The summed E-state index contributed by atoms with van der Waals surface area (Å²) in [5.74, 6) is 0. The molecule has 1 spiro atoms. The Hall–Kier alpha value is -0.250. The first-order valence-corrected chi connectivity index (χ1v) is 8.31. The maximum Gasteiger partial charge on any atom is 0.0640 e. The molecule has 2 fully saturated rings. The molecule has 0 radical (unpaired) electrons. The van der Waals surface area contributed by atoms with Gasteiger partial charge in [0.1, 0.15) is 0 Å². The number of benzene rings is 1. The molecule has 3 rings (SSSR count). The van der Waals surface area contributed by atoms with Gasteiger partial charge in [0.25, 0.3) is 0 Å². The van der Waals surface area contributed by atoms with Crippen LogP contribution in [0.15, 0.2) is 22.7 Å². The summed E-state index contributed by atoms with van der Waals surface area (Å²) in [5, 5.41) is 4.65. The van der Waals surface area contributed by atoms with Gasteiger partial charge in [-0.2, -0.15) is 0 Å². The summed E-state index contributed by atoms with van der Waals surface area (Å²) >= 11 is 9.95. The highest BCUT2D eigenvalue weighted by molar-refractivity contribution is 9.10. The van der Waals surface area contributed by atoms with Crippen molar-refractivity contribution in [1.82, 2.24) is 5.32 Å². The summed E-state index contributed by atoms with van der Waals surface area (Å²) in [7, 11) is 0. The highest BCUT2D eigenvalue weighted by atomic mass is 79.9. The molecule has 1 N–H and O–H groups in total. The molecule has 1 aliphatic heterocycles. The zero-order valence-corrected chi connectivity index (χ0v) is 13.4. The lowest BCUT2D eigenvalue weighted by molar-refractivity contribution is 0.354. The van der Waals surface area contributed by atoms with Crippen molar-refractivity contribution < 1.29 is 0 Å². The second kappa shape index (κ2) is 5.63. The highest BCUT2D eigenvalue weighted by Crippen LogP contribution is 2.36. The highest BCUT2D eigenvalue weighted by Gasteiger charge is 2.36. The van der Waals surface area contributed by atoms with Gasteiger partial charge in [0.15, 0.2) is 0 Å². The largest absolute Gasteiger partial charge is 0.368 e. The van der Waals surface area contributed by atoms with Gasteiger partial charge in [-0.25, -0.2) is 0 Å². The lowest BCUT2D eigenvalue weighted by Crippen LogP contribution is -2.49. The van der Waals surface area contributed by atoms with E-state index in [-0.39, 0.29) is 0 Å². The monoisotopic (exact) mass is 342 g/mol. The van der Waals surface area contributed by atoms with Crippen LogP contribution in [-0.2, 0) is 0 Å². The molecule has 1 heterocycles. The molecule has 19 heavy (non-hydrogen) atoms. The fraction of sp³-hybridized carbons (Fsp3) is 0.600. The third kappa shape index (κ3) is 2.93. The Morgan fingerprint density at radius 1 is 1.21 bits per heavy atom. The third-order valence-electron chi connectivity index (χ3n) is 4.41. The van der Waals surface area contributed by atoms with Gasteiger partial charge in [-0.15, -0.1) is 0 Å². The number of halogens is 2. The second-order valence-electron chi connectivity index (χ2n) is 5.79. The minimum absolute atomic E-state index is 0.322. The van der Waals surface area contributed by atoms with Gasteiger partial charge >= 0.3 is 0 Å². The van der Waals surface area contributed by atoms with Gasteiger partial charge in [0.2, 0.25) is 0 Å². The lowest BCUT2D eigenvalue weighted by atomic mass is 9.97. The molecule has 0 atom stereocenters. The first-order chi connectivity index (χ1) is 9.19.